The van der Waals surface area contributed by atoms with Crippen LogP contribution in [0.3, 0.4) is 0 Å². The molecule has 0 bridgehead atoms. The molecule has 0 unspecified atom stereocenters. The highest BCUT2D eigenvalue weighted by Gasteiger charge is 2.29. The highest BCUT2D eigenvalue weighted by molar-refractivity contribution is 6.34. The van der Waals surface area contributed by atoms with Crippen LogP contribution in [0.5, 0.6) is 0 Å². The van der Waals surface area contributed by atoms with E-state index in [1.807, 2.05) is 6.92 Å². The smallest absolute Gasteiger partial charge is 0.273 e. The number of rotatable bonds is 3. The first-order chi connectivity index (χ1) is 9.45. The molecule has 0 radical (unpaired) electrons. The maximum atomic E-state index is 12.6. The Labute approximate surface area is 122 Å². The molecule has 2 amide bonds. The fourth-order valence-electron chi connectivity index (χ4n) is 2.51. The third-order valence-corrected chi connectivity index (χ3v) is 4.19. The molecule has 2 rings (SSSR count). The number of nitrogens with two attached hydrogens (primary N) is 1. The number of nitrogens with zero attached hydrogens (tertiary/aromatic N) is 3. The van der Waals surface area contributed by atoms with E-state index in [1.54, 1.807) is 16.5 Å². The molecule has 1 aliphatic rings. The summed E-state index contributed by atoms with van der Waals surface area (Å²) in [5, 5.41) is 4.66. The lowest BCUT2D eigenvalue weighted by molar-refractivity contribution is -0.123. The molecule has 1 aromatic heterocycles. The average Bonchev–Trinajstić information content (AvgIpc) is 2.73. The highest BCUT2D eigenvalue weighted by Crippen LogP contribution is 2.24. The van der Waals surface area contributed by atoms with Gasteiger partial charge in [0.05, 0.1) is 10.7 Å². The van der Waals surface area contributed by atoms with E-state index < -0.39 is 0 Å². The average molecular weight is 299 g/mol. The number of likely N-dealkylation sites (tertiary alicyclic amines) is 1. The first-order valence-corrected chi connectivity index (χ1v) is 7.15. The van der Waals surface area contributed by atoms with E-state index in [2.05, 4.69) is 5.10 Å². The van der Waals surface area contributed by atoms with Gasteiger partial charge in [0.25, 0.3) is 5.91 Å². The minimum atomic E-state index is -0.287. The second-order valence-corrected chi connectivity index (χ2v) is 5.41. The molecule has 2 heterocycles. The van der Waals surface area contributed by atoms with Gasteiger partial charge in [-0.2, -0.15) is 5.10 Å². The minimum Gasteiger partial charge on any atom is -0.369 e. The van der Waals surface area contributed by atoms with Gasteiger partial charge in [0.15, 0.2) is 0 Å². The molecule has 20 heavy (non-hydrogen) atoms. The Kier molecular flexibility index (Phi) is 4.32. The van der Waals surface area contributed by atoms with E-state index in [0.29, 0.717) is 48.9 Å². The summed E-state index contributed by atoms with van der Waals surface area (Å²) in [5.74, 6) is -0.544. The summed E-state index contributed by atoms with van der Waals surface area (Å²) in [6.45, 7) is 5.34. The predicted molar refractivity (Wildman–Crippen MR) is 75.5 cm³/mol. The fourth-order valence-corrected chi connectivity index (χ4v) is 2.73. The molecule has 1 fully saturated rings. The van der Waals surface area contributed by atoms with Crippen LogP contribution < -0.4 is 5.73 Å². The SMILES string of the molecule is CCn1nc(C)c(Cl)c1C(=O)N1CCC(C(N)=O)CC1. The Morgan fingerprint density at radius 3 is 2.50 bits per heavy atom. The van der Waals surface area contributed by atoms with Crippen LogP contribution in [0, 0.1) is 12.8 Å². The highest BCUT2D eigenvalue weighted by atomic mass is 35.5. The number of carbonyl (C=O) groups is 2. The number of aryl methyl sites for hydroxylation is 2. The first kappa shape index (κ1) is 14.8. The van der Waals surface area contributed by atoms with Crippen LogP contribution in [-0.2, 0) is 11.3 Å². The molecule has 0 saturated carbocycles. The third kappa shape index (κ3) is 2.65. The Morgan fingerprint density at radius 1 is 1.40 bits per heavy atom. The first-order valence-electron chi connectivity index (χ1n) is 6.77. The predicted octanol–water partition coefficient (Wildman–Crippen LogP) is 1.20. The van der Waals surface area contributed by atoms with Gasteiger partial charge in [-0.25, -0.2) is 0 Å². The molecule has 2 N–H and O–H groups in total. The van der Waals surface area contributed by atoms with Crippen LogP contribution in [0.15, 0.2) is 0 Å². The maximum absolute atomic E-state index is 12.6. The normalized spacial score (nSPS) is 16.4. The molecule has 0 spiro atoms. The van der Waals surface area contributed by atoms with E-state index in [1.165, 1.54) is 0 Å². The summed E-state index contributed by atoms with van der Waals surface area (Å²) >= 11 is 6.18. The standard InChI is InChI=1S/C13H19ClN4O2/c1-3-18-11(10(14)8(2)16-18)13(20)17-6-4-9(5-7-17)12(15)19/h9H,3-7H2,1-2H3,(H2,15,19). The summed E-state index contributed by atoms with van der Waals surface area (Å²) in [5.41, 5.74) is 6.39. The summed E-state index contributed by atoms with van der Waals surface area (Å²) in [6, 6.07) is 0. The number of amides is 2. The quantitative estimate of drug-likeness (QED) is 0.910. The summed E-state index contributed by atoms with van der Waals surface area (Å²) in [4.78, 5) is 25.4. The number of halogens is 1. The van der Waals surface area contributed by atoms with Crippen LogP contribution in [0.2, 0.25) is 5.02 Å². The Bertz CT molecular complexity index is 533. The molecule has 110 valence electrons. The van der Waals surface area contributed by atoms with Crippen molar-refractivity contribution in [1.82, 2.24) is 14.7 Å². The zero-order valence-corrected chi connectivity index (χ0v) is 12.5. The summed E-state index contributed by atoms with van der Waals surface area (Å²) in [6.07, 6.45) is 1.22. The Morgan fingerprint density at radius 2 is 2.00 bits per heavy atom. The molecule has 0 aliphatic carbocycles. The molecule has 1 saturated heterocycles. The van der Waals surface area contributed by atoms with Crippen LogP contribution in [-0.4, -0.2) is 39.6 Å². The van der Waals surface area contributed by atoms with Crippen LogP contribution in [0.4, 0.5) is 0 Å². The van der Waals surface area contributed by atoms with E-state index in [0.717, 1.165) is 0 Å². The largest absolute Gasteiger partial charge is 0.369 e. The fraction of sp³-hybridized carbons (Fsp3) is 0.615. The lowest BCUT2D eigenvalue weighted by atomic mass is 9.96. The van der Waals surface area contributed by atoms with Gasteiger partial charge in [0, 0.05) is 25.6 Å². The van der Waals surface area contributed by atoms with E-state index in [4.69, 9.17) is 17.3 Å². The van der Waals surface area contributed by atoms with Crippen molar-refractivity contribution < 1.29 is 9.59 Å². The van der Waals surface area contributed by atoms with Gasteiger partial charge in [0.2, 0.25) is 5.91 Å². The Balaban J connectivity index is 2.15. The molecular formula is C13H19ClN4O2. The number of piperidine rings is 1. The van der Waals surface area contributed by atoms with Crippen LogP contribution >= 0.6 is 11.6 Å². The van der Waals surface area contributed by atoms with E-state index >= 15 is 0 Å². The van der Waals surface area contributed by atoms with Crippen molar-refractivity contribution >= 4 is 23.4 Å². The number of hydrogen-bond donors (Lipinski definition) is 1. The molecule has 0 aromatic carbocycles. The van der Waals surface area contributed by atoms with Crippen molar-refractivity contribution in [2.75, 3.05) is 13.1 Å². The second kappa shape index (κ2) is 5.83. The van der Waals surface area contributed by atoms with Crippen molar-refractivity contribution in [2.45, 2.75) is 33.2 Å². The van der Waals surface area contributed by atoms with Gasteiger partial charge < -0.3 is 10.6 Å². The summed E-state index contributed by atoms with van der Waals surface area (Å²) in [7, 11) is 0. The minimum absolute atomic E-state index is 0.125. The zero-order valence-electron chi connectivity index (χ0n) is 11.7. The van der Waals surface area contributed by atoms with Crippen molar-refractivity contribution in [1.29, 1.82) is 0 Å². The van der Waals surface area contributed by atoms with Crippen molar-refractivity contribution in [3.8, 4) is 0 Å². The molecule has 6 nitrogen and oxygen atoms in total. The number of carbonyl (C=O) groups excluding carboxylic acids is 2. The van der Waals surface area contributed by atoms with Crippen molar-refractivity contribution in [3.05, 3.63) is 16.4 Å². The number of hydrogen-bond acceptors (Lipinski definition) is 3. The third-order valence-electron chi connectivity index (χ3n) is 3.74. The van der Waals surface area contributed by atoms with Gasteiger partial charge >= 0.3 is 0 Å². The topological polar surface area (TPSA) is 81.2 Å². The Hall–Kier alpha value is -1.56. The van der Waals surface area contributed by atoms with E-state index in [9.17, 15) is 9.59 Å². The van der Waals surface area contributed by atoms with Crippen LogP contribution in [0.25, 0.3) is 0 Å². The molecule has 1 aliphatic heterocycles. The van der Waals surface area contributed by atoms with Crippen molar-refractivity contribution in [2.24, 2.45) is 11.7 Å². The lowest BCUT2D eigenvalue weighted by Crippen LogP contribution is -2.42. The van der Waals surface area contributed by atoms with E-state index in [-0.39, 0.29) is 17.7 Å². The number of aromatic nitrogens is 2. The summed E-state index contributed by atoms with van der Waals surface area (Å²) < 4.78 is 1.63. The monoisotopic (exact) mass is 298 g/mol. The van der Waals surface area contributed by atoms with Gasteiger partial charge in [-0.15, -0.1) is 0 Å². The zero-order chi connectivity index (χ0) is 14.9. The van der Waals surface area contributed by atoms with Gasteiger partial charge in [-0.05, 0) is 26.7 Å². The van der Waals surface area contributed by atoms with Crippen molar-refractivity contribution in [3.63, 3.8) is 0 Å². The molecular weight excluding hydrogens is 280 g/mol. The van der Waals surface area contributed by atoms with Gasteiger partial charge in [-0.3, -0.25) is 14.3 Å². The molecule has 7 heteroatoms. The molecule has 1 aromatic rings. The lowest BCUT2D eigenvalue weighted by Gasteiger charge is -2.30. The van der Waals surface area contributed by atoms with Gasteiger partial charge in [0.1, 0.15) is 5.69 Å². The number of primary amides is 1. The molecule has 0 atom stereocenters. The van der Waals surface area contributed by atoms with Gasteiger partial charge in [-0.1, -0.05) is 11.6 Å². The second-order valence-electron chi connectivity index (χ2n) is 5.03. The van der Waals surface area contributed by atoms with Crippen LogP contribution in [0.1, 0.15) is 35.9 Å². The maximum Gasteiger partial charge on any atom is 0.273 e.